The van der Waals surface area contributed by atoms with Gasteiger partial charge in [0.15, 0.2) is 0 Å². The highest BCUT2D eigenvalue weighted by atomic mass is 16.1. The van der Waals surface area contributed by atoms with E-state index < -0.39 is 0 Å². The van der Waals surface area contributed by atoms with Crippen LogP contribution in [0.15, 0.2) is 30.6 Å². The van der Waals surface area contributed by atoms with Crippen molar-refractivity contribution in [2.75, 3.05) is 7.05 Å². The second-order valence-electron chi connectivity index (χ2n) is 3.09. The van der Waals surface area contributed by atoms with Crippen LogP contribution in [0.3, 0.4) is 0 Å². The van der Waals surface area contributed by atoms with Crippen molar-refractivity contribution in [1.29, 1.82) is 0 Å². The summed E-state index contributed by atoms with van der Waals surface area (Å²) >= 11 is 0. The molecule has 1 amide bonds. The van der Waals surface area contributed by atoms with Crippen LogP contribution in [0.2, 0.25) is 0 Å². The molecule has 4 heteroatoms. The molecule has 0 saturated heterocycles. The Morgan fingerprint density at radius 1 is 1.60 bits per heavy atom. The van der Waals surface area contributed by atoms with E-state index in [1.165, 1.54) is 6.08 Å². The summed E-state index contributed by atoms with van der Waals surface area (Å²) in [5.41, 5.74) is 1.79. The van der Waals surface area contributed by atoms with Crippen molar-refractivity contribution in [3.8, 4) is 0 Å². The average Bonchev–Trinajstić information content (AvgIpc) is 2.69. The highest BCUT2D eigenvalue weighted by Gasteiger charge is 2.00. The molecule has 0 unspecified atom stereocenters. The first kappa shape index (κ1) is 9.45. The van der Waals surface area contributed by atoms with Crippen molar-refractivity contribution in [3.05, 3.63) is 36.2 Å². The fourth-order valence-electron chi connectivity index (χ4n) is 1.36. The van der Waals surface area contributed by atoms with Crippen LogP contribution in [0.5, 0.6) is 0 Å². The fourth-order valence-corrected chi connectivity index (χ4v) is 1.36. The molecule has 76 valence electrons. The summed E-state index contributed by atoms with van der Waals surface area (Å²) in [5.74, 6) is -0.117. The third kappa shape index (κ3) is 1.88. The van der Waals surface area contributed by atoms with E-state index in [9.17, 15) is 4.79 Å². The normalized spacial score (nSPS) is 11.0. The van der Waals surface area contributed by atoms with Gasteiger partial charge in [0.1, 0.15) is 5.65 Å². The number of amides is 1. The van der Waals surface area contributed by atoms with Crippen molar-refractivity contribution >= 4 is 23.0 Å². The quantitative estimate of drug-likeness (QED) is 0.720. The molecule has 2 heterocycles. The van der Waals surface area contributed by atoms with Crippen molar-refractivity contribution in [2.45, 2.75) is 0 Å². The zero-order valence-electron chi connectivity index (χ0n) is 8.32. The van der Waals surface area contributed by atoms with E-state index in [0.29, 0.717) is 0 Å². The van der Waals surface area contributed by atoms with E-state index in [1.54, 1.807) is 19.3 Å². The molecule has 15 heavy (non-hydrogen) atoms. The monoisotopic (exact) mass is 201 g/mol. The van der Waals surface area contributed by atoms with E-state index in [4.69, 9.17) is 0 Å². The van der Waals surface area contributed by atoms with Gasteiger partial charge in [-0.1, -0.05) is 0 Å². The molecule has 0 aliphatic carbocycles. The van der Waals surface area contributed by atoms with Crippen LogP contribution in [0.1, 0.15) is 5.56 Å². The summed E-state index contributed by atoms with van der Waals surface area (Å²) in [6, 6.07) is 3.83. The Morgan fingerprint density at radius 2 is 2.47 bits per heavy atom. The molecule has 0 spiro atoms. The molecule has 0 saturated carbocycles. The van der Waals surface area contributed by atoms with E-state index in [0.717, 1.165) is 16.6 Å². The van der Waals surface area contributed by atoms with Crippen LogP contribution in [0, 0.1) is 0 Å². The molecular formula is C11H11N3O. The minimum absolute atomic E-state index is 0.117. The van der Waals surface area contributed by atoms with Gasteiger partial charge in [-0.3, -0.25) is 4.79 Å². The summed E-state index contributed by atoms with van der Waals surface area (Å²) in [5, 5.41) is 3.54. The number of H-pyrrole nitrogens is 1. The maximum absolute atomic E-state index is 11.0. The second kappa shape index (κ2) is 3.96. The van der Waals surface area contributed by atoms with Crippen LogP contribution in [-0.2, 0) is 4.79 Å². The van der Waals surface area contributed by atoms with Gasteiger partial charge < -0.3 is 10.3 Å². The largest absolute Gasteiger partial charge is 0.356 e. The molecule has 0 atom stereocenters. The van der Waals surface area contributed by atoms with E-state index >= 15 is 0 Å². The first-order valence-electron chi connectivity index (χ1n) is 4.63. The predicted molar refractivity (Wildman–Crippen MR) is 59.2 cm³/mol. The van der Waals surface area contributed by atoms with Crippen LogP contribution < -0.4 is 5.32 Å². The van der Waals surface area contributed by atoms with Crippen molar-refractivity contribution in [3.63, 3.8) is 0 Å². The molecule has 4 nitrogen and oxygen atoms in total. The molecule has 0 aliphatic rings. The lowest BCUT2D eigenvalue weighted by atomic mass is 10.2. The minimum Gasteiger partial charge on any atom is -0.356 e. The highest BCUT2D eigenvalue weighted by Crippen LogP contribution is 2.16. The van der Waals surface area contributed by atoms with Crippen molar-refractivity contribution in [2.24, 2.45) is 0 Å². The molecular weight excluding hydrogens is 190 g/mol. The van der Waals surface area contributed by atoms with Gasteiger partial charge in [0, 0.05) is 36.5 Å². The Hall–Kier alpha value is -2.10. The number of aromatic nitrogens is 2. The van der Waals surface area contributed by atoms with Crippen LogP contribution in [0.25, 0.3) is 17.1 Å². The van der Waals surface area contributed by atoms with Gasteiger partial charge in [0.25, 0.3) is 0 Å². The minimum atomic E-state index is -0.117. The first-order chi connectivity index (χ1) is 7.31. The lowest BCUT2D eigenvalue weighted by Gasteiger charge is -1.91. The zero-order chi connectivity index (χ0) is 10.7. The number of hydrogen-bond donors (Lipinski definition) is 2. The number of aromatic amines is 1. The van der Waals surface area contributed by atoms with Gasteiger partial charge in [-0.2, -0.15) is 0 Å². The smallest absolute Gasteiger partial charge is 0.243 e. The molecule has 2 aromatic heterocycles. The molecule has 0 aromatic carbocycles. The van der Waals surface area contributed by atoms with Gasteiger partial charge in [0.05, 0.1) is 0 Å². The fraction of sp³-hybridized carbons (Fsp3) is 0.0909. The molecule has 2 rings (SSSR count). The van der Waals surface area contributed by atoms with Crippen molar-refractivity contribution in [1.82, 2.24) is 15.3 Å². The van der Waals surface area contributed by atoms with Gasteiger partial charge >= 0.3 is 0 Å². The number of nitrogens with zero attached hydrogens (tertiary/aromatic N) is 1. The van der Waals surface area contributed by atoms with Gasteiger partial charge in [-0.15, -0.1) is 0 Å². The standard InChI is InChI=1S/C11H11N3O/c1-12-10(15)5-4-8-7-14-11-9(8)3-2-6-13-11/h2-7H,1H3,(H,12,15)(H,13,14). The zero-order valence-corrected chi connectivity index (χ0v) is 8.32. The maximum Gasteiger partial charge on any atom is 0.243 e. The summed E-state index contributed by atoms with van der Waals surface area (Å²) in [7, 11) is 1.60. The highest BCUT2D eigenvalue weighted by molar-refractivity contribution is 5.95. The Balaban J connectivity index is 2.36. The van der Waals surface area contributed by atoms with E-state index in [-0.39, 0.29) is 5.91 Å². The lowest BCUT2D eigenvalue weighted by molar-refractivity contribution is -0.115. The molecule has 2 aromatic rings. The number of fused-ring (bicyclic) bond motifs is 1. The van der Waals surface area contributed by atoms with Crippen LogP contribution in [0.4, 0.5) is 0 Å². The summed E-state index contributed by atoms with van der Waals surface area (Å²) in [6.07, 6.45) is 6.82. The molecule has 0 radical (unpaired) electrons. The second-order valence-corrected chi connectivity index (χ2v) is 3.09. The van der Waals surface area contributed by atoms with Crippen LogP contribution in [-0.4, -0.2) is 22.9 Å². The molecule has 0 aliphatic heterocycles. The molecule has 0 bridgehead atoms. The topological polar surface area (TPSA) is 57.8 Å². The summed E-state index contributed by atoms with van der Waals surface area (Å²) < 4.78 is 0. The number of rotatable bonds is 2. The summed E-state index contributed by atoms with van der Waals surface area (Å²) in [6.45, 7) is 0. The Bertz CT molecular complexity index is 513. The first-order valence-corrected chi connectivity index (χ1v) is 4.63. The Kier molecular flexibility index (Phi) is 2.49. The third-order valence-corrected chi connectivity index (χ3v) is 2.14. The lowest BCUT2D eigenvalue weighted by Crippen LogP contribution is -2.13. The van der Waals surface area contributed by atoms with Gasteiger partial charge in [0.2, 0.25) is 5.91 Å². The predicted octanol–water partition coefficient (Wildman–Crippen LogP) is 1.32. The number of nitrogens with one attached hydrogen (secondary N) is 2. The molecule has 0 fully saturated rings. The Labute approximate surface area is 87.0 Å². The Morgan fingerprint density at radius 3 is 3.27 bits per heavy atom. The van der Waals surface area contributed by atoms with Crippen LogP contribution >= 0.6 is 0 Å². The van der Waals surface area contributed by atoms with E-state index in [2.05, 4.69) is 15.3 Å². The maximum atomic E-state index is 11.0. The number of hydrogen-bond acceptors (Lipinski definition) is 2. The van der Waals surface area contributed by atoms with Gasteiger partial charge in [-0.25, -0.2) is 4.98 Å². The third-order valence-electron chi connectivity index (χ3n) is 2.14. The number of pyridine rings is 1. The summed E-state index contributed by atoms with van der Waals surface area (Å²) in [4.78, 5) is 18.2. The SMILES string of the molecule is CNC(=O)C=Cc1c[nH]c2ncccc12. The van der Waals surface area contributed by atoms with E-state index in [1.807, 2.05) is 18.3 Å². The molecule has 2 N–H and O–H groups in total. The van der Waals surface area contributed by atoms with Crippen molar-refractivity contribution < 1.29 is 4.79 Å². The average molecular weight is 201 g/mol. The number of carbonyl (C=O) groups is 1. The van der Waals surface area contributed by atoms with Gasteiger partial charge in [-0.05, 0) is 18.2 Å². The number of likely N-dealkylation sites (N-methyl/N-ethyl adjacent to an activating group) is 1. The number of carbonyl (C=O) groups excluding carboxylic acids is 1.